The fourth-order valence-electron chi connectivity index (χ4n) is 1.20. The summed E-state index contributed by atoms with van der Waals surface area (Å²) in [4.78, 5) is 11.3. The van der Waals surface area contributed by atoms with Gasteiger partial charge in [0.2, 0.25) is 5.91 Å². The normalized spacial score (nSPS) is 10.2. The molecule has 0 aliphatic carbocycles. The molecular weight excluding hydrogens is 192 g/mol. The Balaban J connectivity index is 2.04. The second-order valence-electron chi connectivity index (χ2n) is 3.22. The molecule has 84 valence electrons. The number of aromatic nitrogens is 2. The van der Waals surface area contributed by atoms with Gasteiger partial charge >= 0.3 is 0 Å². The first-order valence-electron chi connectivity index (χ1n) is 5.27. The quantitative estimate of drug-likeness (QED) is 0.623. The van der Waals surface area contributed by atoms with E-state index >= 15 is 0 Å². The Morgan fingerprint density at radius 3 is 3.00 bits per heavy atom. The van der Waals surface area contributed by atoms with Crippen LogP contribution in [0.15, 0.2) is 18.5 Å². The van der Waals surface area contributed by atoms with Crippen molar-refractivity contribution in [2.45, 2.75) is 19.9 Å². The zero-order valence-electron chi connectivity index (χ0n) is 9.07. The van der Waals surface area contributed by atoms with Gasteiger partial charge in [0, 0.05) is 38.4 Å². The number of nitrogens with one attached hydrogen (secondary N) is 2. The summed E-state index contributed by atoms with van der Waals surface area (Å²) in [6.45, 7) is 5.12. The molecule has 1 aromatic rings. The average molecular weight is 210 g/mol. The number of hydrogen-bond acceptors (Lipinski definition) is 3. The average Bonchev–Trinajstić information content (AvgIpc) is 2.74. The van der Waals surface area contributed by atoms with E-state index in [-0.39, 0.29) is 5.91 Å². The Bertz CT molecular complexity index is 271. The summed E-state index contributed by atoms with van der Waals surface area (Å²) >= 11 is 0. The molecule has 2 N–H and O–H groups in total. The van der Waals surface area contributed by atoms with Crippen LogP contribution in [0, 0.1) is 0 Å². The summed E-state index contributed by atoms with van der Waals surface area (Å²) in [6, 6.07) is 1.85. The van der Waals surface area contributed by atoms with Gasteiger partial charge in [-0.2, -0.15) is 5.10 Å². The smallest absolute Gasteiger partial charge is 0.221 e. The second kappa shape index (κ2) is 7.00. The van der Waals surface area contributed by atoms with Crippen LogP contribution in [0.5, 0.6) is 0 Å². The zero-order chi connectivity index (χ0) is 10.9. The topological polar surface area (TPSA) is 58.9 Å². The lowest BCUT2D eigenvalue weighted by Crippen LogP contribution is -2.32. The van der Waals surface area contributed by atoms with E-state index in [1.807, 2.05) is 19.2 Å². The van der Waals surface area contributed by atoms with E-state index in [1.54, 1.807) is 10.9 Å². The van der Waals surface area contributed by atoms with E-state index in [1.165, 1.54) is 0 Å². The van der Waals surface area contributed by atoms with Crippen molar-refractivity contribution in [2.24, 2.45) is 0 Å². The van der Waals surface area contributed by atoms with Crippen LogP contribution in [0.4, 0.5) is 0 Å². The third kappa shape index (κ3) is 5.17. The first kappa shape index (κ1) is 11.7. The number of carbonyl (C=O) groups excluding carboxylic acids is 1. The summed E-state index contributed by atoms with van der Waals surface area (Å²) in [6.07, 6.45) is 4.04. The summed E-state index contributed by atoms with van der Waals surface area (Å²) < 4.78 is 1.75. The van der Waals surface area contributed by atoms with Crippen LogP contribution in [-0.4, -0.2) is 35.3 Å². The molecule has 1 rings (SSSR count). The summed E-state index contributed by atoms with van der Waals surface area (Å²) in [7, 11) is 0. The van der Waals surface area contributed by atoms with Crippen molar-refractivity contribution in [1.82, 2.24) is 20.4 Å². The van der Waals surface area contributed by atoms with Crippen molar-refractivity contribution in [3.05, 3.63) is 18.5 Å². The highest BCUT2D eigenvalue weighted by atomic mass is 16.1. The third-order valence-electron chi connectivity index (χ3n) is 2.00. The largest absolute Gasteiger partial charge is 0.355 e. The number of rotatable bonds is 7. The molecule has 5 heteroatoms. The van der Waals surface area contributed by atoms with E-state index < -0.39 is 0 Å². The molecule has 1 heterocycles. The minimum atomic E-state index is 0.0726. The molecule has 0 spiro atoms. The van der Waals surface area contributed by atoms with Crippen molar-refractivity contribution in [3.8, 4) is 0 Å². The fraction of sp³-hybridized carbons (Fsp3) is 0.600. The van der Waals surface area contributed by atoms with Gasteiger partial charge in [-0.3, -0.25) is 9.48 Å². The predicted octanol–water partition coefficient (Wildman–Crippen LogP) is -0.00110. The minimum Gasteiger partial charge on any atom is -0.355 e. The van der Waals surface area contributed by atoms with Crippen LogP contribution >= 0.6 is 0 Å². The molecule has 0 aromatic carbocycles. The predicted molar refractivity (Wildman–Crippen MR) is 58.4 cm³/mol. The highest BCUT2D eigenvalue weighted by molar-refractivity contribution is 5.75. The highest BCUT2D eigenvalue weighted by Crippen LogP contribution is 1.88. The highest BCUT2D eigenvalue weighted by Gasteiger charge is 2.00. The summed E-state index contributed by atoms with van der Waals surface area (Å²) in [5.74, 6) is 0.0726. The first-order chi connectivity index (χ1) is 7.33. The van der Waals surface area contributed by atoms with E-state index in [2.05, 4.69) is 15.7 Å². The molecule has 5 nitrogen and oxygen atoms in total. The molecular formula is C10H18N4O. The second-order valence-corrected chi connectivity index (χ2v) is 3.22. The first-order valence-corrected chi connectivity index (χ1v) is 5.27. The lowest BCUT2D eigenvalue weighted by molar-refractivity contribution is -0.121. The monoisotopic (exact) mass is 210 g/mol. The minimum absolute atomic E-state index is 0.0726. The molecule has 0 bridgehead atoms. The number of amides is 1. The Morgan fingerprint density at radius 2 is 2.33 bits per heavy atom. The van der Waals surface area contributed by atoms with Crippen molar-refractivity contribution in [2.75, 3.05) is 19.6 Å². The SMILES string of the molecule is CCNCCNC(=O)CCn1cccn1. The van der Waals surface area contributed by atoms with Crippen LogP contribution in [0.2, 0.25) is 0 Å². The van der Waals surface area contributed by atoms with Gasteiger partial charge < -0.3 is 10.6 Å². The van der Waals surface area contributed by atoms with Gasteiger partial charge in [0.05, 0.1) is 0 Å². The van der Waals surface area contributed by atoms with Crippen molar-refractivity contribution in [1.29, 1.82) is 0 Å². The van der Waals surface area contributed by atoms with Crippen molar-refractivity contribution >= 4 is 5.91 Å². The molecule has 0 aliphatic rings. The Morgan fingerprint density at radius 1 is 1.47 bits per heavy atom. The zero-order valence-corrected chi connectivity index (χ0v) is 9.07. The number of hydrogen-bond donors (Lipinski definition) is 2. The van der Waals surface area contributed by atoms with Crippen molar-refractivity contribution in [3.63, 3.8) is 0 Å². The van der Waals surface area contributed by atoms with Crippen LogP contribution in [0.25, 0.3) is 0 Å². The molecule has 0 unspecified atom stereocenters. The van der Waals surface area contributed by atoms with E-state index in [4.69, 9.17) is 0 Å². The molecule has 15 heavy (non-hydrogen) atoms. The Hall–Kier alpha value is -1.36. The van der Waals surface area contributed by atoms with Crippen LogP contribution in [0.3, 0.4) is 0 Å². The lowest BCUT2D eigenvalue weighted by Gasteiger charge is -2.05. The summed E-state index contributed by atoms with van der Waals surface area (Å²) in [5, 5.41) is 10.0. The van der Waals surface area contributed by atoms with Gasteiger partial charge in [-0.25, -0.2) is 0 Å². The van der Waals surface area contributed by atoms with Gasteiger partial charge in [-0.15, -0.1) is 0 Å². The maximum absolute atomic E-state index is 11.3. The molecule has 0 fully saturated rings. The van der Waals surface area contributed by atoms with Gasteiger partial charge in [0.1, 0.15) is 0 Å². The molecule has 0 atom stereocenters. The molecule has 0 aliphatic heterocycles. The van der Waals surface area contributed by atoms with E-state index in [0.717, 1.165) is 13.1 Å². The van der Waals surface area contributed by atoms with Crippen LogP contribution in [0.1, 0.15) is 13.3 Å². The van der Waals surface area contributed by atoms with Crippen molar-refractivity contribution < 1.29 is 4.79 Å². The molecule has 0 saturated heterocycles. The molecule has 0 saturated carbocycles. The fourth-order valence-corrected chi connectivity index (χ4v) is 1.20. The summed E-state index contributed by atoms with van der Waals surface area (Å²) in [5.41, 5.74) is 0. The van der Waals surface area contributed by atoms with Gasteiger partial charge in [0.15, 0.2) is 0 Å². The number of carbonyl (C=O) groups is 1. The maximum Gasteiger partial charge on any atom is 0.221 e. The Labute approximate surface area is 89.9 Å². The number of aryl methyl sites for hydroxylation is 1. The van der Waals surface area contributed by atoms with Crippen LogP contribution in [-0.2, 0) is 11.3 Å². The molecule has 0 radical (unpaired) electrons. The van der Waals surface area contributed by atoms with E-state index in [0.29, 0.717) is 19.5 Å². The molecule has 1 amide bonds. The maximum atomic E-state index is 11.3. The van der Waals surface area contributed by atoms with E-state index in [9.17, 15) is 4.79 Å². The van der Waals surface area contributed by atoms with Gasteiger partial charge in [0.25, 0.3) is 0 Å². The van der Waals surface area contributed by atoms with Crippen LogP contribution < -0.4 is 10.6 Å². The van der Waals surface area contributed by atoms with Gasteiger partial charge in [-0.1, -0.05) is 6.92 Å². The standard InChI is InChI=1S/C10H18N4O/c1-2-11-6-7-12-10(15)4-9-14-8-3-5-13-14/h3,5,8,11H,2,4,6-7,9H2,1H3,(H,12,15). The third-order valence-corrected chi connectivity index (χ3v) is 2.00. The number of likely N-dealkylation sites (N-methyl/N-ethyl adjacent to an activating group) is 1. The molecule has 1 aromatic heterocycles. The lowest BCUT2D eigenvalue weighted by atomic mass is 10.4. The van der Waals surface area contributed by atoms with Gasteiger partial charge in [-0.05, 0) is 12.6 Å². The number of nitrogens with zero attached hydrogens (tertiary/aromatic N) is 2. The Kier molecular flexibility index (Phi) is 5.47.